The zero-order chi connectivity index (χ0) is 32.9. The molecular weight excluding hydrogens is 645 g/mol. The van der Waals surface area contributed by atoms with Gasteiger partial charge in [-0.2, -0.15) is 0 Å². The molecule has 9 aromatic rings. The van der Waals surface area contributed by atoms with Crippen molar-refractivity contribution in [1.82, 2.24) is 4.57 Å². The van der Waals surface area contributed by atoms with E-state index >= 15 is 0 Å². The Morgan fingerprint density at radius 3 is 2.32 bits per heavy atom. The van der Waals surface area contributed by atoms with Crippen molar-refractivity contribution in [3.63, 3.8) is 0 Å². The van der Waals surface area contributed by atoms with Crippen molar-refractivity contribution >= 4 is 88.2 Å². The normalized spacial score (nSPS) is 14.8. The van der Waals surface area contributed by atoms with Crippen molar-refractivity contribution in [3.05, 3.63) is 145 Å². The largest absolute Gasteiger partial charge is 0.458 e. The van der Waals surface area contributed by atoms with Gasteiger partial charge in [0.05, 0.1) is 16.7 Å². The maximum absolute atomic E-state index is 6.87. The van der Waals surface area contributed by atoms with Gasteiger partial charge in [0, 0.05) is 57.8 Å². The van der Waals surface area contributed by atoms with Crippen LogP contribution >= 0.6 is 23.1 Å². The number of hydrogen-bond acceptors (Lipinski definition) is 3. The fourth-order valence-corrected chi connectivity index (χ4v) is 11.9. The molecule has 4 heterocycles. The topological polar surface area (TPSA) is 14.2 Å². The summed E-state index contributed by atoms with van der Waals surface area (Å²) in [6.45, 7) is 4.99. The van der Waals surface area contributed by atoms with Crippen LogP contribution in [-0.4, -0.2) is 11.3 Å². The number of aromatic nitrogens is 1. The molecule has 50 heavy (non-hydrogen) atoms. The first-order chi connectivity index (χ1) is 24.6. The Morgan fingerprint density at radius 2 is 1.40 bits per heavy atom. The highest BCUT2D eigenvalue weighted by molar-refractivity contribution is 8.00. The van der Waals surface area contributed by atoms with Crippen LogP contribution in [0.1, 0.15) is 25.0 Å². The van der Waals surface area contributed by atoms with E-state index in [-0.39, 0.29) is 12.1 Å². The minimum Gasteiger partial charge on any atom is -0.458 e. The van der Waals surface area contributed by atoms with Crippen LogP contribution in [0.25, 0.3) is 58.8 Å². The minimum absolute atomic E-state index is 0.143. The summed E-state index contributed by atoms with van der Waals surface area (Å²) >= 11 is 3.82. The lowest BCUT2D eigenvalue weighted by Gasteiger charge is -2.33. The molecule has 5 heteroatoms. The summed E-state index contributed by atoms with van der Waals surface area (Å²) in [5.74, 6) is 1.90. The van der Waals surface area contributed by atoms with E-state index in [2.05, 4.69) is 152 Å². The molecule has 0 saturated carbocycles. The molecule has 0 bridgehead atoms. The van der Waals surface area contributed by atoms with Crippen molar-refractivity contribution in [2.45, 2.75) is 29.1 Å². The molecule has 1 aliphatic carbocycles. The van der Waals surface area contributed by atoms with Crippen LogP contribution in [0.3, 0.4) is 0 Å². The van der Waals surface area contributed by atoms with Crippen molar-refractivity contribution in [3.8, 4) is 28.3 Å². The van der Waals surface area contributed by atoms with E-state index in [1.165, 1.54) is 90.4 Å². The van der Waals surface area contributed by atoms with Gasteiger partial charge >= 0.3 is 0 Å². The molecule has 7 aromatic carbocycles. The third-order valence-electron chi connectivity index (χ3n) is 11.5. The molecular formula is C45H28BNOS2. The van der Waals surface area contributed by atoms with E-state index in [9.17, 15) is 0 Å². The monoisotopic (exact) mass is 673 g/mol. The average molecular weight is 674 g/mol. The Bertz CT molecular complexity index is 2920. The fraction of sp³-hybridized carbons (Fsp3) is 0.0667. The maximum atomic E-state index is 6.87. The molecule has 0 radical (unpaired) electrons. The van der Waals surface area contributed by atoms with Crippen LogP contribution in [0, 0.1) is 0 Å². The van der Waals surface area contributed by atoms with Crippen molar-refractivity contribution < 1.29 is 4.74 Å². The molecule has 0 amide bonds. The van der Waals surface area contributed by atoms with Gasteiger partial charge in [0.1, 0.15) is 11.5 Å². The molecule has 0 spiro atoms. The number of fused-ring (bicyclic) bond motifs is 16. The molecule has 0 atom stereocenters. The molecule has 0 unspecified atom stereocenters. The Balaban J connectivity index is 1.26. The highest BCUT2D eigenvalue weighted by Crippen LogP contribution is 2.59. The van der Waals surface area contributed by atoms with Gasteiger partial charge in [-0.3, -0.25) is 0 Å². The van der Waals surface area contributed by atoms with Gasteiger partial charge in [-0.15, -0.1) is 11.3 Å². The Morgan fingerprint density at radius 1 is 0.660 bits per heavy atom. The second-order valence-electron chi connectivity index (χ2n) is 14.4. The summed E-state index contributed by atoms with van der Waals surface area (Å²) in [5, 5.41) is 5.32. The first kappa shape index (κ1) is 27.6. The van der Waals surface area contributed by atoms with Crippen LogP contribution < -0.4 is 21.1 Å². The summed E-state index contributed by atoms with van der Waals surface area (Å²) in [6.07, 6.45) is 0. The molecule has 0 fully saturated rings. The molecule has 0 saturated heterocycles. The highest BCUT2D eigenvalue weighted by atomic mass is 32.2. The molecule has 234 valence electrons. The predicted molar refractivity (Wildman–Crippen MR) is 213 cm³/mol. The average Bonchev–Trinajstić information content (AvgIpc) is 3.77. The Kier molecular flexibility index (Phi) is 5.25. The summed E-state index contributed by atoms with van der Waals surface area (Å²) < 4.78 is 12.1. The first-order valence-electron chi connectivity index (χ1n) is 17.3. The molecule has 3 aliphatic rings. The second-order valence-corrected chi connectivity index (χ2v) is 16.5. The van der Waals surface area contributed by atoms with E-state index < -0.39 is 0 Å². The number of hydrogen-bond donors (Lipinski definition) is 0. The molecule has 2 aliphatic heterocycles. The summed E-state index contributed by atoms with van der Waals surface area (Å²) in [7, 11) is 0. The molecule has 0 N–H and O–H groups in total. The van der Waals surface area contributed by atoms with Crippen molar-refractivity contribution in [2.75, 3.05) is 0 Å². The number of rotatable bonds is 1. The van der Waals surface area contributed by atoms with Gasteiger partial charge in [0.2, 0.25) is 0 Å². The van der Waals surface area contributed by atoms with E-state index in [0.717, 1.165) is 17.2 Å². The second kappa shape index (κ2) is 9.51. The maximum Gasteiger partial charge on any atom is 0.253 e. The third-order valence-corrected chi connectivity index (χ3v) is 13.8. The Hall–Kier alpha value is -5.23. The van der Waals surface area contributed by atoms with Gasteiger partial charge in [0.15, 0.2) is 0 Å². The van der Waals surface area contributed by atoms with Gasteiger partial charge in [0.25, 0.3) is 6.71 Å². The van der Waals surface area contributed by atoms with Crippen LogP contribution in [0.4, 0.5) is 0 Å². The van der Waals surface area contributed by atoms with E-state index in [0.29, 0.717) is 0 Å². The fourth-order valence-electron chi connectivity index (χ4n) is 9.46. The van der Waals surface area contributed by atoms with Crippen LogP contribution in [-0.2, 0) is 5.41 Å². The van der Waals surface area contributed by atoms with Gasteiger partial charge in [-0.05, 0) is 57.9 Å². The number of thiophene rings is 1. The quantitative estimate of drug-likeness (QED) is 0.161. The SMILES string of the molecule is CC1(C)c2ccccc2-c2c1c1c3ccccc3n(-c3cc4c5c(c3)Sc3ccccc3B5c3ccccc3O4)c1c1c2sc2ccccc21. The van der Waals surface area contributed by atoms with Crippen LogP contribution in [0.15, 0.2) is 143 Å². The number of nitrogens with zero attached hydrogens (tertiary/aromatic N) is 1. The van der Waals surface area contributed by atoms with E-state index in [4.69, 9.17) is 4.74 Å². The highest BCUT2D eigenvalue weighted by Gasteiger charge is 2.42. The number of benzene rings is 7. The smallest absolute Gasteiger partial charge is 0.253 e. The van der Waals surface area contributed by atoms with Crippen LogP contribution in [0.2, 0.25) is 0 Å². The molecule has 2 nitrogen and oxygen atoms in total. The van der Waals surface area contributed by atoms with E-state index in [1.54, 1.807) is 0 Å². The minimum atomic E-state index is -0.162. The number of para-hydroxylation sites is 2. The molecule has 2 aromatic heterocycles. The summed E-state index contributed by atoms with van der Waals surface area (Å²) in [6, 6.07) is 49.4. The van der Waals surface area contributed by atoms with Gasteiger partial charge in [-0.1, -0.05) is 128 Å². The summed E-state index contributed by atoms with van der Waals surface area (Å²) in [5.41, 5.74) is 13.0. The predicted octanol–water partition coefficient (Wildman–Crippen LogP) is 10.5. The van der Waals surface area contributed by atoms with E-state index in [1.807, 2.05) is 23.1 Å². The standard InChI is InChI=1S/C45H28BNOS2/c1-45(2)29-16-6-3-13-26(29)39-41(45)38-27-14-4-9-19-32(27)47(43(38)40-28-15-5-11-21-35(28)50-44(39)40)25-23-34-42-37(24-25)49-36-22-12-8-18-31(36)46(42)30-17-7-10-20-33(30)48-34/h3-24H,1-2H3. The Labute approximate surface area is 298 Å². The summed E-state index contributed by atoms with van der Waals surface area (Å²) in [4.78, 5) is 2.58. The van der Waals surface area contributed by atoms with Crippen molar-refractivity contribution in [2.24, 2.45) is 0 Å². The third kappa shape index (κ3) is 3.33. The van der Waals surface area contributed by atoms with Crippen LogP contribution in [0.5, 0.6) is 11.5 Å². The lowest BCUT2D eigenvalue weighted by atomic mass is 9.35. The van der Waals surface area contributed by atoms with Gasteiger partial charge < -0.3 is 9.30 Å². The van der Waals surface area contributed by atoms with Gasteiger partial charge in [-0.25, -0.2) is 0 Å². The van der Waals surface area contributed by atoms with Crippen molar-refractivity contribution in [1.29, 1.82) is 0 Å². The zero-order valence-corrected chi connectivity index (χ0v) is 29.1. The lowest BCUT2D eigenvalue weighted by Crippen LogP contribution is -2.57. The molecule has 12 rings (SSSR count). The zero-order valence-electron chi connectivity index (χ0n) is 27.5. The number of ether oxygens (including phenoxy) is 1. The first-order valence-corrected chi connectivity index (χ1v) is 18.9. The lowest BCUT2D eigenvalue weighted by molar-refractivity contribution is 0.486.